The lowest BCUT2D eigenvalue weighted by Gasteiger charge is -2.11. The summed E-state index contributed by atoms with van der Waals surface area (Å²) in [4.78, 5) is 11.4. The molecule has 0 bridgehead atoms. The molecule has 0 aliphatic heterocycles. The number of carbonyl (C=O) groups excluding carboxylic acids is 1. The number of hydrogen-bond donors (Lipinski definition) is 0. The predicted molar refractivity (Wildman–Crippen MR) is 65.2 cm³/mol. The zero-order chi connectivity index (χ0) is 13.0. The molecule has 0 fully saturated rings. The molecule has 1 aromatic carbocycles. The van der Waals surface area contributed by atoms with Crippen LogP contribution in [0.1, 0.15) is 29.8 Å². The maximum atomic E-state index is 12.1. The maximum absolute atomic E-state index is 12.1. The molecule has 0 aromatic heterocycles. The first-order valence-corrected chi connectivity index (χ1v) is 6.13. The van der Waals surface area contributed by atoms with Crippen LogP contribution < -0.4 is 4.74 Å². The number of alkyl halides is 3. The summed E-state index contributed by atoms with van der Waals surface area (Å²) in [5.41, 5.74) is 1.09. The van der Waals surface area contributed by atoms with Gasteiger partial charge in [-0.05, 0) is 37.1 Å². The Morgan fingerprint density at radius 1 is 1.47 bits per heavy atom. The second kappa shape index (κ2) is 6.10. The normalized spacial score (nSPS) is 12.6. The molecule has 17 heavy (non-hydrogen) atoms. The Kier molecular flexibility index (Phi) is 5.05. The molecule has 0 heterocycles. The van der Waals surface area contributed by atoms with Crippen molar-refractivity contribution in [2.24, 2.45) is 0 Å². The molecule has 0 amide bonds. The van der Waals surface area contributed by atoms with E-state index in [2.05, 4.69) is 20.7 Å². The molecule has 0 saturated heterocycles. The molecule has 0 aliphatic carbocycles. The molecule has 1 atom stereocenters. The first-order valence-electron chi connectivity index (χ1n) is 5.21. The third-order valence-electron chi connectivity index (χ3n) is 2.30. The fourth-order valence-corrected chi connectivity index (χ4v) is 1.71. The van der Waals surface area contributed by atoms with Crippen molar-refractivity contribution in [2.75, 3.05) is 0 Å². The van der Waals surface area contributed by atoms with Gasteiger partial charge in [0.25, 0.3) is 0 Å². The maximum Gasteiger partial charge on any atom is 0.387 e. The highest BCUT2D eigenvalue weighted by molar-refractivity contribution is 9.10. The number of ketones is 1. The summed E-state index contributed by atoms with van der Waals surface area (Å²) in [5.74, 6) is 0.0459. The summed E-state index contributed by atoms with van der Waals surface area (Å²) in [5, 5.41) is 0. The molecule has 94 valence electrons. The van der Waals surface area contributed by atoms with E-state index in [0.717, 1.165) is 0 Å². The molecule has 0 aliphatic rings. The van der Waals surface area contributed by atoms with E-state index in [-0.39, 0.29) is 16.4 Å². The van der Waals surface area contributed by atoms with Crippen LogP contribution in [0.5, 0.6) is 5.75 Å². The fourth-order valence-electron chi connectivity index (χ4n) is 1.45. The molecule has 0 spiro atoms. The van der Waals surface area contributed by atoms with Gasteiger partial charge in [0.05, 0.1) is 4.83 Å². The van der Waals surface area contributed by atoms with Crippen LogP contribution >= 0.6 is 15.9 Å². The van der Waals surface area contributed by atoms with Crippen molar-refractivity contribution in [1.29, 1.82) is 0 Å². The van der Waals surface area contributed by atoms with E-state index in [9.17, 15) is 13.6 Å². The van der Waals surface area contributed by atoms with Crippen LogP contribution in [0, 0.1) is 0 Å². The Bertz CT molecular complexity index is 405. The van der Waals surface area contributed by atoms with E-state index in [4.69, 9.17) is 0 Å². The van der Waals surface area contributed by atoms with E-state index in [1.165, 1.54) is 12.1 Å². The summed E-state index contributed by atoms with van der Waals surface area (Å²) < 4.78 is 28.6. The zero-order valence-corrected chi connectivity index (χ0v) is 11.1. The van der Waals surface area contributed by atoms with Crippen molar-refractivity contribution < 1.29 is 18.3 Å². The average molecular weight is 307 g/mol. The van der Waals surface area contributed by atoms with Gasteiger partial charge in [0.1, 0.15) is 5.75 Å². The van der Waals surface area contributed by atoms with Gasteiger partial charge >= 0.3 is 6.61 Å². The lowest BCUT2D eigenvalue weighted by molar-refractivity contribution is -0.0504. The van der Waals surface area contributed by atoms with E-state index < -0.39 is 6.61 Å². The van der Waals surface area contributed by atoms with Crippen molar-refractivity contribution in [3.63, 3.8) is 0 Å². The monoisotopic (exact) mass is 306 g/mol. The number of rotatable bonds is 5. The summed E-state index contributed by atoms with van der Waals surface area (Å²) in [6, 6.07) is 4.50. The number of carbonyl (C=O) groups is 1. The predicted octanol–water partition coefficient (Wildman–Crippen LogP) is 3.82. The highest BCUT2D eigenvalue weighted by Gasteiger charge is 2.15. The minimum atomic E-state index is -2.85. The van der Waals surface area contributed by atoms with Gasteiger partial charge in [0.2, 0.25) is 0 Å². The van der Waals surface area contributed by atoms with Gasteiger partial charge in [-0.25, -0.2) is 0 Å². The number of ether oxygens (including phenoxy) is 1. The van der Waals surface area contributed by atoms with Crippen LogP contribution in [0.15, 0.2) is 18.2 Å². The number of aryl methyl sites for hydroxylation is 1. The summed E-state index contributed by atoms with van der Waals surface area (Å²) in [6.45, 7) is 0.689. The van der Waals surface area contributed by atoms with E-state index in [0.29, 0.717) is 17.5 Å². The van der Waals surface area contributed by atoms with Crippen LogP contribution in [-0.2, 0) is 6.42 Å². The third-order valence-corrected chi connectivity index (χ3v) is 2.72. The van der Waals surface area contributed by atoms with Gasteiger partial charge in [-0.1, -0.05) is 22.9 Å². The van der Waals surface area contributed by atoms with Crippen LogP contribution in [-0.4, -0.2) is 17.2 Å². The smallest absolute Gasteiger partial charge is 0.387 e. The SMILES string of the molecule is CCc1cc(C(=O)C(C)Br)ccc1OC(F)F. The van der Waals surface area contributed by atoms with Crippen LogP contribution in [0.3, 0.4) is 0 Å². The van der Waals surface area contributed by atoms with Crippen molar-refractivity contribution in [1.82, 2.24) is 0 Å². The minimum Gasteiger partial charge on any atom is -0.435 e. The Morgan fingerprint density at radius 2 is 2.12 bits per heavy atom. The zero-order valence-electron chi connectivity index (χ0n) is 9.54. The number of Topliss-reactive ketones (excluding diaryl/α,β-unsaturated/α-hetero) is 1. The van der Waals surface area contributed by atoms with Crippen molar-refractivity contribution in [3.8, 4) is 5.75 Å². The van der Waals surface area contributed by atoms with Gasteiger partial charge in [-0.15, -0.1) is 0 Å². The van der Waals surface area contributed by atoms with E-state index in [1.807, 2.05) is 6.92 Å². The first kappa shape index (κ1) is 14.1. The lowest BCUT2D eigenvalue weighted by Crippen LogP contribution is -2.11. The quantitative estimate of drug-likeness (QED) is 0.610. The minimum absolute atomic E-state index is 0.0803. The number of halogens is 3. The van der Waals surface area contributed by atoms with Gasteiger partial charge in [0, 0.05) is 5.56 Å². The summed E-state index contributed by atoms with van der Waals surface area (Å²) in [7, 11) is 0. The molecule has 1 aromatic rings. The van der Waals surface area contributed by atoms with Gasteiger partial charge in [-0.3, -0.25) is 4.79 Å². The Balaban J connectivity index is 3.04. The highest BCUT2D eigenvalue weighted by atomic mass is 79.9. The molecule has 0 radical (unpaired) electrons. The fraction of sp³-hybridized carbons (Fsp3) is 0.417. The van der Waals surface area contributed by atoms with Crippen LogP contribution in [0.25, 0.3) is 0 Å². The average Bonchev–Trinajstić information content (AvgIpc) is 2.27. The second-order valence-electron chi connectivity index (χ2n) is 3.53. The van der Waals surface area contributed by atoms with Crippen molar-refractivity contribution in [2.45, 2.75) is 31.7 Å². The molecular formula is C12H13BrF2O2. The summed E-state index contributed by atoms with van der Waals surface area (Å²) in [6.07, 6.45) is 0.528. The van der Waals surface area contributed by atoms with Crippen LogP contribution in [0.2, 0.25) is 0 Å². The second-order valence-corrected chi connectivity index (χ2v) is 4.91. The van der Waals surface area contributed by atoms with E-state index >= 15 is 0 Å². The standard InChI is InChI=1S/C12H13BrF2O2/c1-3-8-6-9(11(16)7(2)13)4-5-10(8)17-12(14)15/h4-7,12H,3H2,1-2H3. The van der Waals surface area contributed by atoms with Crippen LogP contribution in [0.4, 0.5) is 8.78 Å². The summed E-state index contributed by atoms with van der Waals surface area (Å²) >= 11 is 3.18. The van der Waals surface area contributed by atoms with Crippen molar-refractivity contribution >= 4 is 21.7 Å². The van der Waals surface area contributed by atoms with Crippen molar-refractivity contribution in [3.05, 3.63) is 29.3 Å². The molecule has 1 unspecified atom stereocenters. The Hall–Kier alpha value is -0.970. The molecule has 2 nitrogen and oxygen atoms in total. The molecule has 1 rings (SSSR count). The largest absolute Gasteiger partial charge is 0.435 e. The Morgan fingerprint density at radius 3 is 2.59 bits per heavy atom. The molecular weight excluding hydrogens is 294 g/mol. The molecule has 0 N–H and O–H groups in total. The van der Waals surface area contributed by atoms with E-state index in [1.54, 1.807) is 13.0 Å². The molecule has 0 saturated carbocycles. The first-order chi connectivity index (χ1) is 7.95. The topological polar surface area (TPSA) is 26.3 Å². The highest BCUT2D eigenvalue weighted by Crippen LogP contribution is 2.24. The lowest BCUT2D eigenvalue weighted by atomic mass is 10.0. The Labute approximate surface area is 107 Å². The number of hydrogen-bond acceptors (Lipinski definition) is 2. The number of benzene rings is 1. The molecule has 5 heteroatoms. The van der Waals surface area contributed by atoms with Gasteiger partial charge in [0.15, 0.2) is 5.78 Å². The van der Waals surface area contributed by atoms with Gasteiger partial charge in [-0.2, -0.15) is 8.78 Å². The van der Waals surface area contributed by atoms with Gasteiger partial charge < -0.3 is 4.74 Å². The third kappa shape index (κ3) is 3.77.